The lowest BCUT2D eigenvalue weighted by Gasteiger charge is -2.35. The molecule has 0 amide bonds. The number of nitrogens with zero attached hydrogens (tertiary/aromatic N) is 1. The summed E-state index contributed by atoms with van der Waals surface area (Å²) in [7, 11) is 0. The van der Waals surface area contributed by atoms with Crippen LogP contribution in [-0.4, -0.2) is 35.7 Å². The SMILES string of the molecule is CCCCCCCCCCCCCCCCCCN1CCCCC1CCO. The summed E-state index contributed by atoms with van der Waals surface area (Å²) in [5.41, 5.74) is 0. The first-order valence-corrected chi connectivity index (χ1v) is 12.7. The van der Waals surface area contributed by atoms with E-state index in [9.17, 15) is 5.11 Å². The molecule has 0 aromatic heterocycles. The highest BCUT2D eigenvalue weighted by Gasteiger charge is 2.20. The standard InChI is InChI=1S/C25H51NO/c1-2-3-4-5-6-7-8-9-10-11-12-13-14-15-16-18-22-26-23-19-17-20-25(26)21-24-27/h25,27H,2-24H2,1H3. The van der Waals surface area contributed by atoms with Crippen LogP contribution in [0.4, 0.5) is 0 Å². The minimum absolute atomic E-state index is 0.361. The summed E-state index contributed by atoms with van der Waals surface area (Å²) in [6.45, 7) is 5.19. The number of unbranched alkanes of at least 4 members (excludes halogenated alkanes) is 15. The molecule has 1 aliphatic rings. The molecule has 0 aliphatic carbocycles. The van der Waals surface area contributed by atoms with Crippen molar-refractivity contribution in [3.8, 4) is 0 Å². The van der Waals surface area contributed by atoms with E-state index in [2.05, 4.69) is 11.8 Å². The van der Waals surface area contributed by atoms with Crippen molar-refractivity contribution in [3.63, 3.8) is 0 Å². The molecular formula is C25H51NO. The third kappa shape index (κ3) is 14.6. The van der Waals surface area contributed by atoms with Gasteiger partial charge in [0.25, 0.3) is 0 Å². The fourth-order valence-electron chi connectivity index (χ4n) is 4.69. The number of likely N-dealkylation sites (tertiary alicyclic amines) is 1. The first-order chi connectivity index (χ1) is 13.4. The van der Waals surface area contributed by atoms with E-state index in [0.29, 0.717) is 12.6 Å². The maximum atomic E-state index is 9.22. The molecule has 1 N–H and O–H groups in total. The fourth-order valence-corrected chi connectivity index (χ4v) is 4.69. The third-order valence-electron chi connectivity index (χ3n) is 6.51. The number of hydrogen-bond donors (Lipinski definition) is 1. The van der Waals surface area contributed by atoms with Gasteiger partial charge < -0.3 is 10.0 Å². The summed E-state index contributed by atoms with van der Waals surface area (Å²) in [6.07, 6.45) is 28.1. The molecule has 0 aromatic rings. The molecule has 0 spiro atoms. The van der Waals surface area contributed by atoms with Crippen LogP contribution >= 0.6 is 0 Å². The molecule has 162 valence electrons. The molecule has 1 unspecified atom stereocenters. The van der Waals surface area contributed by atoms with E-state index in [0.717, 1.165) is 6.42 Å². The van der Waals surface area contributed by atoms with Crippen molar-refractivity contribution in [3.05, 3.63) is 0 Å². The van der Waals surface area contributed by atoms with Crippen LogP contribution in [0.5, 0.6) is 0 Å². The van der Waals surface area contributed by atoms with Crippen molar-refractivity contribution >= 4 is 0 Å². The summed E-state index contributed by atoms with van der Waals surface area (Å²) < 4.78 is 0. The van der Waals surface area contributed by atoms with Crippen LogP contribution in [0.3, 0.4) is 0 Å². The largest absolute Gasteiger partial charge is 0.396 e. The zero-order valence-corrected chi connectivity index (χ0v) is 18.7. The van der Waals surface area contributed by atoms with Gasteiger partial charge in [0, 0.05) is 12.6 Å². The maximum absolute atomic E-state index is 9.22. The van der Waals surface area contributed by atoms with Crippen molar-refractivity contribution in [1.29, 1.82) is 0 Å². The van der Waals surface area contributed by atoms with Crippen molar-refractivity contribution in [1.82, 2.24) is 4.90 Å². The van der Waals surface area contributed by atoms with Crippen LogP contribution in [0.25, 0.3) is 0 Å². The maximum Gasteiger partial charge on any atom is 0.0445 e. The Morgan fingerprint density at radius 3 is 1.63 bits per heavy atom. The van der Waals surface area contributed by atoms with Crippen molar-refractivity contribution in [2.45, 2.75) is 141 Å². The Morgan fingerprint density at radius 1 is 0.667 bits per heavy atom. The first-order valence-electron chi connectivity index (χ1n) is 12.7. The van der Waals surface area contributed by atoms with Crippen LogP contribution in [0.2, 0.25) is 0 Å². The van der Waals surface area contributed by atoms with Gasteiger partial charge in [-0.2, -0.15) is 0 Å². The Hall–Kier alpha value is -0.0800. The highest BCUT2D eigenvalue weighted by atomic mass is 16.3. The Balaban J connectivity index is 1.77. The molecule has 0 saturated carbocycles. The summed E-state index contributed by atoms with van der Waals surface area (Å²) >= 11 is 0. The lowest BCUT2D eigenvalue weighted by molar-refractivity contribution is 0.117. The topological polar surface area (TPSA) is 23.5 Å². The molecule has 2 heteroatoms. The second kappa shape index (κ2) is 19.2. The Labute approximate surface area is 171 Å². The van der Waals surface area contributed by atoms with Crippen molar-refractivity contribution < 1.29 is 5.11 Å². The lowest BCUT2D eigenvalue weighted by Crippen LogP contribution is -2.40. The van der Waals surface area contributed by atoms with E-state index < -0.39 is 0 Å². The molecular weight excluding hydrogens is 330 g/mol. The molecule has 1 fully saturated rings. The monoisotopic (exact) mass is 381 g/mol. The molecule has 2 nitrogen and oxygen atoms in total. The normalized spacial score (nSPS) is 18.2. The predicted molar refractivity (Wildman–Crippen MR) is 120 cm³/mol. The van der Waals surface area contributed by atoms with E-state index in [1.165, 1.54) is 135 Å². The molecule has 1 heterocycles. The fraction of sp³-hybridized carbons (Fsp3) is 1.00. The van der Waals surface area contributed by atoms with E-state index in [1.807, 2.05) is 0 Å². The highest BCUT2D eigenvalue weighted by Crippen LogP contribution is 2.20. The summed E-state index contributed by atoms with van der Waals surface area (Å²) in [6, 6.07) is 0.667. The van der Waals surface area contributed by atoms with E-state index >= 15 is 0 Å². The number of rotatable bonds is 19. The Kier molecular flexibility index (Phi) is 17.8. The summed E-state index contributed by atoms with van der Waals surface area (Å²) in [5.74, 6) is 0. The average molecular weight is 382 g/mol. The van der Waals surface area contributed by atoms with Crippen molar-refractivity contribution in [2.75, 3.05) is 19.7 Å². The van der Waals surface area contributed by atoms with Gasteiger partial charge in [-0.1, -0.05) is 110 Å². The van der Waals surface area contributed by atoms with Gasteiger partial charge in [-0.05, 0) is 38.8 Å². The quantitative estimate of drug-likeness (QED) is 0.234. The van der Waals surface area contributed by atoms with Gasteiger partial charge in [-0.3, -0.25) is 0 Å². The van der Waals surface area contributed by atoms with Crippen LogP contribution in [0.1, 0.15) is 135 Å². The van der Waals surface area contributed by atoms with Crippen LogP contribution in [0.15, 0.2) is 0 Å². The molecule has 0 aromatic carbocycles. The zero-order valence-electron chi connectivity index (χ0n) is 18.7. The molecule has 0 radical (unpaired) electrons. The van der Waals surface area contributed by atoms with Gasteiger partial charge in [0.15, 0.2) is 0 Å². The smallest absolute Gasteiger partial charge is 0.0445 e. The Morgan fingerprint density at radius 2 is 1.15 bits per heavy atom. The number of hydrogen-bond acceptors (Lipinski definition) is 2. The van der Waals surface area contributed by atoms with Gasteiger partial charge >= 0.3 is 0 Å². The van der Waals surface area contributed by atoms with E-state index in [-0.39, 0.29) is 0 Å². The second-order valence-electron chi connectivity index (χ2n) is 9.00. The molecule has 27 heavy (non-hydrogen) atoms. The Bertz CT molecular complexity index is 292. The van der Waals surface area contributed by atoms with Gasteiger partial charge in [0.05, 0.1) is 0 Å². The second-order valence-corrected chi connectivity index (χ2v) is 9.00. The van der Waals surface area contributed by atoms with Gasteiger partial charge in [-0.15, -0.1) is 0 Å². The number of piperidine rings is 1. The minimum Gasteiger partial charge on any atom is -0.396 e. The summed E-state index contributed by atoms with van der Waals surface area (Å²) in [5, 5.41) is 9.22. The van der Waals surface area contributed by atoms with E-state index in [1.54, 1.807) is 0 Å². The molecule has 0 bridgehead atoms. The predicted octanol–water partition coefficient (Wildman–Crippen LogP) is 7.48. The van der Waals surface area contributed by atoms with Gasteiger partial charge in [0.1, 0.15) is 0 Å². The third-order valence-corrected chi connectivity index (χ3v) is 6.51. The lowest BCUT2D eigenvalue weighted by atomic mass is 9.99. The molecule has 1 aliphatic heterocycles. The van der Waals surface area contributed by atoms with Gasteiger partial charge in [0.2, 0.25) is 0 Å². The van der Waals surface area contributed by atoms with Crippen molar-refractivity contribution in [2.24, 2.45) is 0 Å². The van der Waals surface area contributed by atoms with Crippen LogP contribution < -0.4 is 0 Å². The number of aliphatic hydroxyl groups is 1. The highest BCUT2D eigenvalue weighted by molar-refractivity contribution is 4.76. The van der Waals surface area contributed by atoms with Gasteiger partial charge in [-0.25, -0.2) is 0 Å². The number of aliphatic hydroxyl groups excluding tert-OH is 1. The first kappa shape index (κ1) is 25.0. The molecule has 1 saturated heterocycles. The molecule has 1 rings (SSSR count). The zero-order chi connectivity index (χ0) is 19.4. The van der Waals surface area contributed by atoms with Crippen LogP contribution in [0, 0.1) is 0 Å². The summed E-state index contributed by atoms with van der Waals surface area (Å²) in [4.78, 5) is 2.66. The van der Waals surface area contributed by atoms with Crippen LogP contribution in [-0.2, 0) is 0 Å². The molecule has 1 atom stereocenters. The minimum atomic E-state index is 0.361. The average Bonchev–Trinajstić information content (AvgIpc) is 2.69. The van der Waals surface area contributed by atoms with E-state index in [4.69, 9.17) is 0 Å².